The van der Waals surface area contributed by atoms with E-state index in [1.54, 1.807) is 0 Å². The van der Waals surface area contributed by atoms with Crippen LogP contribution in [-0.2, 0) is 31.1 Å². The Hall–Kier alpha value is -1.49. The minimum absolute atomic E-state index is 0.123. The van der Waals surface area contributed by atoms with Crippen LogP contribution in [0.5, 0.6) is 0 Å². The highest BCUT2D eigenvalue weighted by atomic mass is 32.2. The molecule has 0 bridgehead atoms. The van der Waals surface area contributed by atoms with E-state index in [0.29, 0.717) is 6.42 Å². The molecule has 0 heterocycles. The molecule has 0 radical (unpaired) electrons. The average Bonchev–Trinajstić information content (AvgIpc) is 2.70. The molecule has 10 heteroatoms. The van der Waals surface area contributed by atoms with Gasteiger partial charge in [0.25, 0.3) is 0 Å². The molecule has 0 aliphatic heterocycles. The number of amides is 1. The number of carbonyl (C=O) groups is 1. The first-order valence-corrected chi connectivity index (χ1v) is 14.9. The molecule has 1 aliphatic carbocycles. The van der Waals surface area contributed by atoms with Crippen LogP contribution in [0.4, 0.5) is 0 Å². The van der Waals surface area contributed by atoms with Crippen molar-refractivity contribution in [1.82, 2.24) is 9.62 Å². The molecule has 1 aromatic carbocycles. The van der Waals surface area contributed by atoms with Crippen molar-refractivity contribution in [3.05, 3.63) is 35.9 Å². The van der Waals surface area contributed by atoms with Crippen LogP contribution in [0.25, 0.3) is 0 Å². The minimum Gasteiger partial charge on any atom is -0.390 e. The lowest BCUT2D eigenvalue weighted by Crippen LogP contribution is -2.53. The van der Waals surface area contributed by atoms with Crippen molar-refractivity contribution < 1.29 is 26.7 Å². The van der Waals surface area contributed by atoms with Gasteiger partial charge in [-0.05, 0) is 24.8 Å². The molecule has 1 aromatic rings. The Labute approximate surface area is 192 Å². The van der Waals surface area contributed by atoms with Gasteiger partial charge in [-0.1, -0.05) is 56.5 Å². The second-order valence-corrected chi connectivity index (χ2v) is 13.1. The summed E-state index contributed by atoms with van der Waals surface area (Å²) in [5.74, 6) is -1.58. The zero-order valence-electron chi connectivity index (χ0n) is 19.1. The van der Waals surface area contributed by atoms with Crippen molar-refractivity contribution in [3.63, 3.8) is 0 Å². The van der Waals surface area contributed by atoms with Gasteiger partial charge in [-0.2, -0.15) is 4.31 Å². The third kappa shape index (κ3) is 8.80. The van der Waals surface area contributed by atoms with Gasteiger partial charge in [-0.3, -0.25) is 4.79 Å². The fourth-order valence-corrected chi connectivity index (χ4v) is 6.48. The Bertz CT molecular complexity index is 944. The largest absolute Gasteiger partial charge is 0.390 e. The number of nitrogens with one attached hydrogen (secondary N) is 1. The van der Waals surface area contributed by atoms with E-state index in [-0.39, 0.29) is 18.3 Å². The fourth-order valence-electron chi connectivity index (χ4n) is 4.24. The molecule has 1 amide bonds. The first kappa shape index (κ1) is 26.8. The number of carbonyl (C=O) groups excluding carboxylic acids is 1. The molecule has 1 fully saturated rings. The van der Waals surface area contributed by atoms with E-state index in [1.807, 2.05) is 30.3 Å². The van der Waals surface area contributed by atoms with Gasteiger partial charge in [0.1, 0.15) is 9.84 Å². The van der Waals surface area contributed by atoms with Gasteiger partial charge in [0.2, 0.25) is 15.9 Å². The van der Waals surface area contributed by atoms with Gasteiger partial charge in [0.15, 0.2) is 0 Å². The SMILES string of the molecule is C[C@H](CS(C)(=O)=O)C(=O)N[C@@H](Cc1ccccc1)[C@H](O)CN(C1CCCCC1)S(C)(=O)=O. The van der Waals surface area contributed by atoms with Crippen molar-refractivity contribution in [2.45, 2.75) is 63.6 Å². The van der Waals surface area contributed by atoms with E-state index < -0.39 is 43.8 Å². The summed E-state index contributed by atoms with van der Waals surface area (Å²) in [6.45, 7) is 1.40. The number of hydrogen-bond donors (Lipinski definition) is 2. The lowest BCUT2D eigenvalue weighted by molar-refractivity contribution is -0.125. The third-order valence-corrected chi connectivity index (χ3v) is 8.27. The second kappa shape index (κ2) is 11.6. The monoisotopic (exact) mass is 488 g/mol. The quantitative estimate of drug-likeness (QED) is 0.485. The lowest BCUT2D eigenvalue weighted by Gasteiger charge is -2.35. The number of aliphatic hydroxyl groups is 1. The highest BCUT2D eigenvalue weighted by Gasteiger charge is 2.33. The smallest absolute Gasteiger partial charge is 0.224 e. The molecular weight excluding hydrogens is 452 g/mol. The number of nitrogens with zero attached hydrogens (tertiary/aromatic N) is 1. The Balaban J connectivity index is 2.21. The van der Waals surface area contributed by atoms with Crippen molar-refractivity contribution in [2.75, 3.05) is 24.8 Å². The van der Waals surface area contributed by atoms with Gasteiger partial charge in [0, 0.05) is 24.8 Å². The maximum Gasteiger partial charge on any atom is 0.224 e. The number of hydrogen-bond acceptors (Lipinski definition) is 6. The molecule has 3 atom stereocenters. The highest BCUT2D eigenvalue weighted by molar-refractivity contribution is 7.90. The van der Waals surface area contributed by atoms with Crippen LogP contribution < -0.4 is 5.32 Å². The second-order valence-electron chi connectivity index (χ2n) is 8.99. The van der Waals surface area contributed by atoms with Crippen LogP contribution in [0.3, 0.4) is 0 Å². The van der Waals surface area contributed by atoms with E-state index in [1.165, 1.54) is 11.2 Å². The summed E-state index contributed by atoms with van der Waals surface area (Å²) < 4.78 is 49.5. The Morgan fingerprint density at radius 3 is 2.22 bits per heavy atom. The molecule has 0 unspecified atom stereocenters. The number of sulfone groups is 1. The van der Waals surface area contributed by atoms with Crippen LogP contribution in [0.2, 0.25) is 0 Å². The first-order chi connectivity index (χ1) is 14.9. The van der Waals surface area contributed by atoms with E-state index in [2.05, 4.69) is 5.32 Å². The zero-order chi connectivity index (χ0) is 23.9. The van der Waals surface area contributed by atoms with E-state index >= 15 is 0 Å². The molecule has 0 aromatic heterocycles. The number of rotatable bonds is 11. The predicted molar refractivity (Wildman–Crippen MR) is 125 cm³/mol. The molecule has 1 saturated carbocycles. The van der Waals surface area contributed by atoms with Gasteiger partial charge >= 0.3 is 0 Å². The van der Waals surface area contributed by atoms with Gasteiger partial charge in [-0.25, -0.2) is 16.8 Å². The molecule has 2 rings (SSSR count). The summed E-state index contributed by atoms with van der Waals surface area (Å²) in [7, 11) is -6.90. The van der Waals surface area contributed by atoms with Crippen LogP contribution >= 0.6 is 0 Å². The Morgan fingerprint density at radius 2 is 1.69 bits per heavy atom. The molecule has 0 saturated heterocycles. The maximum atomic E-state index is 12.7. The molecule has 182 valence electrons. The van der Waals surface area contributed by atoms with Gasteiger partial charge in [-0.15, -0.1) is 0 Å². The summed E-state index contributed by atoms with van der Waals surface area (Å²) in [6.07, 6.45) is 5.82. The fraction of sp³-hybridized carbons (Fsp3) is 0.682. The number of benzene rings is 1. The van der Waals surface area contributed by atoms with Crippen LogP contribution in [0.15, 0.2) is 30.3 Å². The first-order valence-electron chi connectivity index (χ1n) is 11.0. The molecule has 32 heavy (non-hydrogen) atoms. The Kier molecular flexibility index (Phi) is 9.68. The van der Waals surface area contributed by atoms with Crippen molar-refractivity contribution in [1.29, 1.82) is 0 Å². The van der Waals surface area contributed by atoms with Gasteiger partial charge in [0.05, 0.1) is 24.2 Å². The predicted octanol–water partition coefficient (Wildman–Crippen LogP) is 1.35. The lowest BCUT2D eigenvalue weighted by atomic mass is 9.94. The van der Waals surface area contributed by atoms with Gasteiger partial charge < -0.3 is 10.4 Å². The van der Waals surface area contributed by atoms with Crippen molar-refractivity contribution >= 4 is 25.8 Å². The standard InChI is InChI=1S/C22H36N2O6S2/c1-17(16-31(2,27)28)22(26)23-20(14-18-10-6-4-7-11-18)21(25)15-24(32(3,29)30)19-12-8-5-9-13-19/h4,6-7,10-11,17,19-21,25H,5,8-9,12-16H2,1-3H3,(H,23,26)/t17-,20+,21-/m1/s1. The number of sulfonamides is 1. The Morgan fingerprint density at radius 1 is 1.09 bits per heavy atom. The molecule has 8 nitrogen and oxygen atoms in total. The van der Waals surface area contributed by atoms with Crippen molar-refractivity contribution in [3.8, 4) is 0 Å². The van der Waals surface area contributed by atoms with Crippen LogP contribution in [0, 0.1) is 5.92 Å². The minimum atomic E-state index is -3.55. The summed E-state index contributed by atoms with van der Waals surface area (Å²) in [5, 5.41) is 13.8. The summed E-state index contributed by atoms with van der Waals surface area (Å²) in [5.41, 5.74) is 0.871. The van der Waals surface area contributed by atoms with Crippen molar-refractivity contribution in [2.24, 2.45) is 5.92 Å². The van der Waals surface area contributed by atoms with E-state index in [9.17, 15) is 26.7 Å². The maximum absolute atomic E-state index is 12.7. The summed E-state index contributed by atoms with van der Waals surface area (Å²) in [6, 6.07) is 8.35. The molecule has 0 spiro atoms. The molecule has 1 aliphatic rings. The zero-order valence-corrected chi connectivity index (χ0v) is 20.7. The molecular formula is C22H36N2O6S2. The number of aliphatic hydroxyl groups excluding tert-OH is 1. The van der Waals surface area contributed by atoms with Crippen LogP contribution in [0.1, 0.15) is 44.6 Å². The third-order valence-electron chi connectivity index (χ3n) is 5.87. The van der Waals surface area contributed by atoms with E-state index in [4.69, 9.17) is 0 Å². The summed E-state index contributed by atoms with van der Waals surface area (Å²) in [4.78, 5) is 12.7. The highest BCUT2D eigenvalue weighted by Crippen LogP contribution is 2.25. The average molecular weight is 489 g/mol. The van der Waals surface area contributed by atoms with Crippen LogP contribution in [-0.4, -0.2) is 75.2 Å². The normalized spacial score (nSPS) is 18.8. The molecule has 2 N–H and O–H groups in total. The topological polar surface area (TPSA) is 121 Å². The van der Waals surface area contributed by atoms with E-state index in [0.717, 1.165) is 50.2 Å². The summed E-state index contributed by atoms with van der Waals surface area (Å²) >= 11 is 0.